The summed E-state index contributed by atoms with van der Waals surface area (Å²) in [4.78, 5) is 0. The molecule has 8 heavy (non-hydrogen) atoms. The average Bonchev–Trinajstić information content (AvgIpc) is 1.67. The van der Waals surface area contributed by atoms with Crippen LogP contribution in [-0.4, -0.2) is 19.7 Å². The maximum atomic E-state index is 10.2. The molecule has 0 spiro atoms. The SMILES string of the molecule is C=CCS(=O)(=O)[C]=N. The largest absolute Gasteiger partial charge is 0.287 e. The topological polar surface area (TPSA) is 58.0 Å². The van der Waals surface area contributed by atoms with Crippen LogP contribution in [-0.2, 0) is 9.84 Å². The van der Waals surface area contributed by atoms with E-state index in [1.54, 1.807) is 0 Å². The molecule has 3 nitrogen and oxygen atoms in total. The molecule has 0 amide bonds. The predicted molar refractivity (Wildman–Crippen MR) is 31.7 cm³/mol. The fourth-order valence-corrected chi connectivity index (χ4v) is 0.590. The molecule has 1 radical (unpaired) electrons. The minimum atomic E-state index is -3.37. The maximum Gasteiger partial charge on any atom is 0.201 e. The van der Waals surface area contributed by atoms with E-state index < -0.39 is 9.84 Å². The highest BCUT2D eigenvalue weighted by Crippen LogP contribution is 1.81. The highest BCUT2D eigenvalue weighted by Gasteiger charge is 2.00. The van der Waals surface area contributed by atoms with Crippen LogP contribution in [0.3, 0.4) is 0 Å². The molecule has 0 aromatic heterocycles. The van der Waals surface area contributed by atoms with Crippen molar-refractivity contribution in [3.05, 3.63) is 12.7 Å². The average molecular weight is 132 g/mol. The molecule has 0 saturated carbocycles. The third kappa shape index (κ3) is 2.52. The Kier molecular flexibility index (Phi) is 2.41. The highest BCUT2D eigenvalue weighted by molar-refractivity contribution is 8.04. The zero-order chi connectivity index (χ0) is 6.62. The van der Waals surface area contributed by atoms with Crippen LogP contribution in [0.25, 0.3) is 0 Å². The van der Waals surface area contributed by atoms with Crippen LogP contribution in [0.2, 0.25) is 0 Å². The molecule has 0 aromatic rings. The van der Waals surface area contributed by atoms with Gasteiger partial charge in [0.25, 0.3) is 0 Å². The molecule has 0 unspecified atom stereocenters. The van der Waals surface area contributed by atoms with E-state index >= 15 is 0 Å². The Morgan fingerprint density at radius 1 is 1.75 bits per heavy atom. The lowest BCUT2D eigenvalue weighted by atomic mass is 10.8. The Morgan fingerprint density at radius 2 is 2.25 bits per heavy atom. The molecule has 1 N–H and O–H groups in total. The van der Waals surface area contributed by atoms with Crippen molar-refractivity contribution in [2.75, 3.05) is 5.75 Å². The molecule has 0 aromatic carbocycles. The molecule has 0 aliphatic heterocycles. The number of hydrogen-bond acceptors (Lipinski definition) is 3. The molecular formula is C4H6NO2S. The summed E-state index contributed by atoms with van der Waals surface area (Å²) in [5.41, 5.74) is 1.39. The molecule has 0 aliphatic rings. The van der Waals surface area contributed by atoms with Gasteiger partial charge in [0.1, 0.15) is 0 Å². The fourth-order valence-electron chi connectivity index (χ4n) is 0.197. The van der Waals surface area contributed by atoms with Gasteiger partial charge in [-0.15, -0.1) is 6.58 Å². The lowest BCUT2D eigenvalue weighted by Gasteiger charge is -1.83. The van der Waals surface area contributed by atoms with Crippen LogP contribution in [0.1, 0.15) is 0 Å². The molecule has 4 heteroatoms. The van der Waals surface area contributed by atoms with Gasteiger partial charge in [-0.1, -0.05) is 6.08 Å². The minimum absolute atomic E-state index is 0.198. The van der Waals surface area contributed by atoms with Crippen molar-refractivity contribution < 1.29 is 8.42 Å². The van der Waals surface area contributed by atoms with Crippen molar-refractivity contribution in [3.8, 4) is 0 Å². The zero-order valence-corrected chi connectivity index (χ0v) is 5.03. The summed E-state index contributed by atoms with van der Waals surface area (Å²) in [6, 6.07) is 0. The van der Waals surface area contributed by atoms with E-state index in [0.717, 1.165) is 0 Å². The first-order valence-electron chi connectivity index (χ1n) is 1.89. The van der Waals surface area contributed by atoms with Crippen molar-refractivity contribution in [1.82, 2.24) is 0 Å². The Balaban J connectivity index is 4.15. The monoisotopic (exact) mass is 132 g/mol. The Morgan fingerprint density at radius 3 is 2.38 bits per heavy atom. The number of sulfone groups is 1. The molecule has 0 aliphatic carbocycles. The first-order chi connectivity index (χ1) is 3.62. The van der Waals surface area contributed by atoms with E-state index in [0.29, 0.717) is 0 Å². The Hall–Kier alpha value is -0.640. The first-order valence-corrected chi connectivity index (χ1v) is 3.54. The van der Waals surface area contributed by atoms with E-state index in [1.165, 1.54) is 11.6 Å². The summed E-state index contributed by atoms with van der Waals surface area (Å²) < 4.78 is 20.5. The molecule has 0 bridgehead atoms. The molecule has 0 heterocycles. The van der Waals surface area contributed by atoms with Crippen LogP contribution < -0.4 is 0 Å². The van der Waals surface area contributed by atoms with Crippen molar-refractivity contribution in [3.63, 3.8) is 0 Å². The van der Waals surface area contributed by atoms with Gasteiger partial charge < -0.3 is 0 Å². The van der Waals surface area contributed by atoms with Crippen LogP contribution in [0.4, 0.5) is 0 Å². The summed E-state index contributed by atoms with van der Waals surface area (Å²) in [6.07, 6.45) is 1.22. The summed E-state index contributed by atoms with van der Waals surface area (Å²) in [5, 5.41) is 6.22. The Labute approximate surface area is 48.5 Å². The zero-order valence-electron chi connectivity index (χ0n) is 4.22. The number of hydrogen-bond donors (Lipinski definition) is 1. The molecule has 0 saturated heterocycles. The second-order valence-electron chi connectivity index (χ2n) is 1.17. The lowest BCUT2D eigenvalue weighted by Crippen LogP contribution is -2.02. The second-order valence-corrected chi connectivity index (χ2v) is 2.94. The van der Waals surface area contributed by atoms with Crippen LogP contribution in [0, 0.1) is 5.41 Å². The van der Waals surface area contributed by atoms with Crippen molar-refractivity contribution >= 4 is 15.4 Å². The number of rotatable bonds is 3. The third-order valence-electron chi connectivity index (χ3n) is 0.493. The van der Waals surface area contributed by atoms with Gasteiger partial charge >= 0.3 is 0 Å². The summed E-state index contributed by atoms with van der Waals surface area (Å²) >= 11 is 0. The lowest BCUT2D eigenvalue weighted by molar-refractivity contribution is 0.610. The van der Waals surface area contributed by atoms with E-state index in [4.69, 9.17) is 5.41 Å². The van der Waals surface area contributed by atoms with Gasteiger partial charge in [0, 0.05) is 0 Å². The van der Waals surface area contributed by atoms with Gasteiger partial charge in [0.2, 0.25) is 9.84 Å². The van der Waals surface area contributed by atoms with Crippen molar-refractivity contribution in [2.45, 2.75) is 0 Å². The summed E-state index contributed by atoms with van der Waals surface area (Å²) in [7, 11) is -3.37. The van der Waals surface area contributed by atoms with Crippen molar-refractivity contribution in [1.29, 1.82) is 5.41 Å². The van der Waals surface area contributed by atoms with Crippen molar-refractivity contribution in [2.24, 2.45) is 0 Å². The molecule has 45 valence electrons. The van der Waals surface area contributed by atoms with Gasteiger partial charge in [-0.05, 0) is 0 Å². The van der Waals surface area contributed by atoms with E-state index in [1.807, 2.05) is 0 Å². The minimum Gasteiger partial charge on any atom is -0.287 e. The summed E-state index contributed by atoms with van der Waals surface area (Å²) in [5.74, 6) is -0.198. The second kappa shape index (κ2) is 2.61. The quantitative estimate of drug-likeness (QED) is 0.335. The number of nitrogens with one attached hydrogen (secondary N) is 1. The van der Waals surface area contributed by atoms with Crippen LogP contribution >= 0.6 is 0 Å². The van der Waals surface area contributed by atoms with Gasteiger partial charge in [0.15, 0.2) is 5.55 Å². The summed E-state index contributed by atoms with van der Waals surface area (Å²) in [6.45, 7) is 3.19. The van der Waals surface area contributed by atoms with E-state index in [9.17, 15) is 8.42 Å². The molecule has 0 rings (SSSR count). The van der Waals surface area contributed by atoms with Gasteiger partial charge in [-0.3, -0.25) is 5.41 Å². The molecule has 0 fully saturated rings. The Bertz CT molecular complexity index is 180. The fraction of sp³-hybridized carbons (Fsp3) is 0.250. The van der Waals surface area contributed by atoms with E-state index in [2.05, 4.69) is 6.58 Å². The molecular weight excluding hydrogens is 126 g/mol. The first kappa shape index (κ1) is 7.36. The third-order valence-corrected chi connectivity index (χ3v) is 1.48. The highest BCUT2D eigenvalue weighted by atomic mass is 32.2. The van der Waals surface area contributed by atoms with E-state index in [-0.39, 0.29) is 5.75 Å². The normalized spacial score (nSPS) is 10.5. The molecule has 0 atom stereocenters. The van der Waals surface area contributed by atoms with Crippen LogP contribution in [0.15, 0.2) is 12.7 Å². The smallest absolute Gasteiger partial charge is 0.201 e. The maximum absolute atomic E-state index is 10.2. The van der Waals surface area contributed by atoms with Gasteiger partial charge in [0.05, 0.1) is 5.75 Å². The standard InChI is InChI=1S/C4H6NO2S/c1-2-3-8(6,7)4-5/h2,5H,1,3H2. The van der Waals surface area contributed by atoms with Gasteiger partial charge in [-0.25, -0.2) is 8.42 Å². The van der Waals surface area contributed by atoms with Crippen LogP contribution in [0.5, 0.6) is 0 Å². The van der Waals surface area contributed by atoms with Gasteiger partial charge in [-0.2, -0.15) is 0 Å². The predicted octanol–water partition coefficient (Wildman–Crippen LogP) is 0.0713.